The zero-order chi connectivity index (χ0) is 16.3. The molecule has 1 aliphatic rings. The van der Waals surface area contributed by atoms with E-state index in [1.54, 1.807) is 25.2 Å². The first kappa shape index (κ1) is 16.9. The van der Waals surface area contributed by atoms with Crippen LogP contribution in [-0.4, -0.2) is 57.4 Å². The van der Waals surface area contributed by atoms with Gasteiger partial charge in [0.05, 0.1) is 17.5 Å². The van der Waals surface area contributed by atoms with E-state index in [4.69, 9.17) is 0 Å². The topological polar surface area (TPSA) is 57.7 Å². The lowest BCUT2D eigenvalue weighted by Crippen LogP contribution is -2.40. The highest BCUT2D eigenvalue weighted by Gasteiger charge is 2.35. The molecule has 0 N–H and O–H groups in total. The van der Waals surface area contributed by atoms with Gasteiger partial charge in [-0.2, -0.15) is 0 Å². The summed E-state index contributed by atoms with van der Waals surface area (Å²) >= 11 is 0. The summed E-state index contributed by atoms with van der Waals surface area (Å²) in [5.74, 6) is -0.432. The molecule has 0 saturated carbocycles. The van der Waals surface area contributed by atoms with E-state index >= 15 is 0 Å². The van der Waals surface area contributed by atoms with Gasteiger partial charge < -0.3 is 4.90 Å². The molecule has 1 saturated heterocycles. The number of carbonyl (C=O) groups excluding carboxylic acids is 1. The fraction of sp³-hybridized carbons (Fsp3) is 0.533. The Hall–Kier alpha value is -1.47. The first-order valence-corrected chi connectivity index (χ1v) is 9.29. The molecule has 22 heavy (non-hydrogen) atoms. The molecule has 0 bridgehead atoms. The smallest absolute Gasteiger partial charge is 0.244 e. The molecule has 1 heterocycles. The van der Waals surface area contributed by atoms with Gasteiger partial charge >= 0.3 is 0 Å². The van der Waals surface area contributed by atoms with E-state index in [-0.39, 0.29) is 17.7 Å². The van der Waals surface area contributed by atoms with Crippen LogP contribution in [0.2, 0.25) is 0 Å². The summed E-state index contributed by atoms with van der Waals surface area (Å²) in [5, 5.41) is 0. The first-order valence-electron chi connectivity index (χ1n) is 7.23. The van der Waals surface area contributed by atoms with E-state index in [1.807, 2.05) is 4.90 Å². The van der Waals surface area contributed by atoms with Crippen LogP contribution in [0.25, 0.3) is 0 Å². The van der Waals surface area contributed by atoms with E-state index in [0.29, 0.717) is 31.6 Å². The SMILES string of the molecule is CN(CCCS(C)(=O)=O)C1CCN(c2ccccc2F)C1=O. The number of hydrogen-bond donors (Lipinski definition) is 0. The number of halogens is 1. The summed E-state index contributed by atoms with van der Waals surface area (Å²) in [6, 6.07) is 5.91. The van der Waals surface area contributed by atoms with Crippen molar-refractivity contribution in [2.24, 2.45) is 0 Å². The minimum absolute atomic E-state index is 0.106. The van der Waals surface area contributed by atoms with Gasteiger partial charge in [-0.1, -0.05) is 12.1 Å². The standard InChI is InChI=1S/C15H21FN2O3S/c1-17(9-5-11-22(2,20)21)14-8-10-18(15(14)19)13-7-4-3-6-12(13)16/h3-4,6-7,14H,5,8-11H2,1-2H3. The van der Waals surface area contributed by atoms with Crippen LogP contribution in [-0.2, 0) is 14.6 Å². The molecule has 1 aromatic carbocycles. The zero-order valence-electron chi connectivity index (χ0n) is 12.8. The van der Waals surface area contributed by atoms with Gasteiger partial charge in [-0.3, -0.25) is 9.69 Å². The quantitative estimate of drug-likeness (QED) is 0.790. The summed E-state index contributed by atoms with van der Waals surface area (Å²) < 4.78 is 36.1. The first-order chi connectivity index (χ1) is 10.3. The lowest BCUT2D eigenvalue weighted by atomic mass is 10.2. The average Bonchev–Trinajstić information content (AvgIpc) is 2.79. The van der Waals surface area contributed by atoms with Gasteiger partial charge in [0.2, 0.25) is 5.91 Å². The van der Waals surface area contributed by atoms with Gasteiger partial charge in [0.25, 0.3) is 0 Å². The molecule has 0 spiro atoms. The third kappa shape index (κ3) is 4.04. The number of likely N-dealkylation sites (N-methyl/N-ethyl adjacent to an activating group) is 1. The highest BCUT2D eigenvalue weighted by molar-refractivity contribution is 7.90. The molecular formula is C15H21FN2O3S. The molecule has 0 aliphatic carbocycles. The van der Waals surface area contributed by atoms with Crippen molar-refractivity contribution in [1.29, 1.82) is 0 Å². The van der Waals surface area contributed by atoms with Gasteiger partial charge in [-0.05, 0) is 38.6 Å². The van der Waals surface area contributed by atoms with E-state index in [2.05, 4.69) is 0 Å². The van der Waals surface area contributed by atoms with Gasteiger partial charge in [0, 0.05) is 12.8 Å². The summed E-state index contributed by atoms with van der Waals surface area (Å²) in [6.45, 7) is 0.995. The number of sulfone groups is 1. The lowest BCUT2D eigenvalue weighted by Gasteiger charge is -2.23. The third-order valence-electron chi connectivity index (χ3n) is 3.88. The van der Waals surface area contributed by atoms with Crippen molar-refractivity contribution in [3.05, 3.63) is 30.1 Å². The highest BCUT2D eigenvalue weighted by Crippen LogP contribution is 2.26. The Kier molecular flexibility index (Phi) is 5.18. The molecule has 5 nitrogen and oxygen atoms in total. The number of para-hydroxylation sites is 1. The van der Waals surface area contributed by atoms with E-state index in [9.17, 15) is 17.6 Å². The van der Waals surface area contributed by atoms with E-state index in [1.165, 1.54) is 17.2 Å². The largest absolute Gasteiger partial charge is 0.308 e. The van der Waals surface area contributed by atoms with Crippen LogP contribution in [0.1, 0.15) is 12.8 Å². The monoisotopic (exact) mass is 328 g/mol. The molecule has 122 valence electrons. The van der Waals surface area contributed by atoms with Crippen LogP contribution < -0.4 is 4.90 Å². The molecule has 1 aliphatic heterocycles. The van der Waals surface area contributed by atoms with Gasteiger partial charge in [0.1, 0.15) is 15.7 Å². The fourth-order valence-electron chi connectivity index (χ4n) is 2.72. The molecule has 2 rings (SSSR count). The van der Waals surface area contributed by atoms with Crippen molar-refractivity contribution in [2.45, 2.75) is 18.9 Å². The summed E-state index contributed by atoms with van der Waals surface area (Å²) in [5.41, 5.74) is 0.305. The minimum atomic E-state index is -2.99. The summed E-state index contributed by atoms with van der Waals surface area (Å²) in [4.78, 5) is 15.8. The molecule has 0 radical (unpaired) electrons. The Morgan fingerprint density at radius 1 is 1.36 bits per heavy atom. The maximum absolute atomic E-state index is 13.8. The maximum atomic E-state index is 13.8. The molecular weight excluding hydrogens is 307 g/mol. The van der Waals surface area contributed by atoms with Gasteiger partial charge in [0.15, 0.2) is 0 Å². The van der Waals surface area contributed by atoms with Crippen LogP contribution >= 0.6 is 0 Å². The van der Waals surface area contributed by atoms with E-state index in [0.717, 1.165) is 0 Å². The van der Waals surface area contributed by atoms with Crippen LogP contribution in [0.3, 0.4) is 0 Å². The Bertz CT molecular complexity index is 648. The number of carbonyl (C=O) groups is 1. The number of amides is 1. The number of benzene rings is 1. The Labute approximate surface area is 130 Å². The molecule has 1 unspecified atom stereocenters. The Balaban J connectivity index is 1.98. The van der Waals surface area contributed by atoms with Crippen LogP contribution in [0.15, 0.2) is 24.3 Å². The number of hydrogen-bond acceptors (Lipinski definition) is 4. The van der Waals surface area contributed by atoms with Crippen molar-refractivity contribution in [3.63, 3.8) is 0 Å². The second-order valence-electron chi connectivity index (χ2n) is 5.71. The van der Waals surface area contributed by atoms with Crippen molar-refractivity contribution >= 4 is 21.4 Å². The van der Waals surface area contributed by atoms with Crippen LogP contribution in [0, 0.1) is 5.82 Å². The molecule has 0 aromatic heterocycles. The van der Waals surface area contributed by atoms with Crippen molar-refractivity contribution in [1.82, 2.24) is 4.90 Å². The normalized spacial score (nSPS) is 19.2. The second kappa shape index (κ2) is 6.75. The molecule has 7 heteroatoms. The van der Waals surface area contributed by atoms with Crippen molar-refractivity contribution in [3.8, 4) is 0 Å². The summed E-state index contributed by atoms with van der Waals surface area (Å²) in [7, 11) is -1.19. The molecule has 1 aromatic rings. The Morgan fingerprint density at radius 2 is 2.05 bits per heavy atom. The van der Waals surface area contributed by atoms with E-state index < -0.39 is 15.7 Å². The van der Waals surface area contributed by atoms with Crippen LogP contribution in [0.5, 0.6) is 0 Å². The number of rotatable bonds is 6. The fourth-order valence-corrected chi connectivity index (χ4v) is 3.37. The lowest BCUT2D eigenvalue weighted by molar-refractivity contribution is -0.121. The van der Waals surface area contributed by atoms with Gasteiger partial charge in [-0.25, -0.2) is 12.8 Å². The maximum Gasteiger partial charge on any atom is 0.244 e. The van der Waals surface area contributed by atoms with Crippen LogP contribution in [0.4, 0.5) is 10.1 Å². The summed E-state index contributed by atoms with van der Waals surface area (Å²) in [6.07, 6.45) is 2.30. The number of anilines is 1. The Morgan fingerprint density at radius 3 is 2.68 bits per heavy atom. The third-order valence-corrected chi connectivity index (χ3v) is 4.91. The molecule has 1 atom stereocenters. The zero-order valence-corrected chi connectivity index (χ0v) is 13.6. The predicted octanol–water partition coefficient (Wildman–Crippen LogP) is 1.30. The molecule has 1 amide bonds. The van der Waals surface area contributed by atoms with Gasteiger partial charge in [-0.15, -0.1) is 0 Å². The second-order valence-corrected chi connectivity index (χ2v) is 7.97. The number of nitrogens with zero attached hydrogens (tertiary/aromatic N) is 2. The molecule has 1 fully saturated rings. The highest BCUT2D eigenvalue weighted by atomic mass is 32.2. The predicted molar refractivity (Wildman–Crippen MR) is 84.1 cm³/mol. The minimum Gasteiger partial charge on any atom is -0.308 e. The van der Waals surface area contributed by atoms with Crippen molar-refractivity contribution < 1.29 is 17.6 Å². The average molecular weight is 328 g/mol. The van der Waals surface area contributed by atoms with Crippen molar-refractivity contribution in [2.75, 3.05) is 37.0 Å².